The summed E-state index contributed by atoms with van der Waals surface area (Å²) in [6.45, 7) is 2.01. The van der Waals surface area contributed by atoms with Gasteiger partial charge >= 0.3 is 12.1 Å². The van der Waals surface area contributed by atoms with Gasteiger partial charge in [0.25, 0.3) is 0 Å². The van der Waals surface area contributed by atoms with E-state index in [1.54, 1.807) is 36.4 Å². The molecule has 3 rings (SSSR count). The van der Waals surface area contributed by atoms with Gasteiger partial charge in [0.2, 0.25) is 11.8 Å². The fourth-order valence-electron chi connectivity index (χ4n) is 3.54. The summed E-state index contributed by atoms with van der Waals surface area (Å²) in [7, 11) is 3.46. The zero-order valence-corrected chi connectivity index (χ0v) is 16.2. The number of carbonyl (C=O) groups excluding carboxylic acids is 2. The van der Waals surface area contributed by atoms with E-state index in [0.29, 0.717) is 12.5 Å². The van der Waals surface area contributed by atoms with Crippen LogP contribution in [-0.4, -0.2) is 83.0 Å². The molecule has 2 atom stereocenters. The molecule has 1 aromatic rings. The van der Waals surface area contributed by atoms with Crippen molar-refractivity contribution in [2.24, 2.45) is 0 Å². The molecule has 29 heavy (non-hydrogen) atoms. The van der Waals surface area contributed by atoms with Crippen LogP contribution in [0.1, 0.15) is 24.8 Å². The van der Waals surface area contributed by atoms with Crippen LogP contribution in [0.25, 0.3) is 0 Å². The summed E-state index contributed by atoms with van der Waals surface area (Å²) in [4.78, 5) is 38.9. The Morgan fingerprint density at radius 3 is 2.45 bits per heavy atom. The number of likely N-dealkylation sites (tertiary alicyclic amines) is 2. The lowest BCUT2D eigenvalue weighted by atomic mass is 9.96. The second-order valence-corrected chi connectivity index (χ2v) is 7.18. The highest BCUT2D eigenvalue weighted by Gasteiger charge is 2.43. The number of aliphatic carboxylic acids is 1. The van der Waals surface area contributed by atoms with Gasteiger partial charge in [-0.1, -0.05) is 0 Å². The highest BCUT2D eigenvalue weighted by Crippen LogP contribution is 2.32. The van der Waals surface area contributed by atoms with E-state index >= 15 is 0 Å². The molecule has 2 aliphatic rings. The molecule has 1 aromatic heterocycles. The van der Waals surface area contributed by atoms with Crippen LogP contribution in [0.4, 0.5) is 13.2 Å². The molecule has 2 aliphatic heterocycles. The molecule has 1 N–H and O–H groups in total. The van der Waals surface area contributed by atoms with E-state index in [-0.39, 0.29) is 24.4 Å². The first-order valence-corrected chi connectivity index (χ1v) is 9.05. The van der Waals surface area contributed by atoms with Crippen LogP contribution in [0.5, 0.6) is 0 Å². The molecule has 11 heteroatoms. The van der Waals surface area contributed by atoms with Crippen molar-refractivity contribution in [1.82, 2.24) is 14.7 Å². The first-order valence-electron chi connectivity index (χ1n) is 9.05. The molecular weight excluding hydrogens is 395 g/mol. The second kappa shape index (κ2) is 9.29. The van der Waals surface area contributed by atoms with Gasteiger partial charge in [0, 0.05) is 51.3 Å². The fourth-order valence-corrected chi connectivity index (χ4v) is 3.54. The van der Waals surface area contributed by atoms with Crippen molar-refractivity contribution in [3.8, 4) is 0 Å². The first-order chi connectivity index (χ1) is 13.5. The summed E-state index contributed by atoms with van der Waals surface area (Å²) in [6, 6.07) is 2.49. The smallest absolute Gasteiger partial charge is 0.475 e. The van der Waals surface area contributed by atoms with Gasteiger partial charge in [0.05, 0.1) is 12.5 Å². The van der Waals surface area contributed by atoms with Crippen molar-refractivity contribution in [2.45, 2.75) is 44.1 Å². The Morgan fingerprint density at radius 1 is 1.28 bits per heavy atom. The Labute approximate surface area is 165 Å². The van der Waals surface area contributed by atoms with Crippen LogP contribution >= 0.6 is 0 Å². The van der Waals surface area contributed by atoms with E-state index < -0.39 is 12.1 Å². The number of likely N-dealkylation sites (N-methyl/N-ethyl adjacent to an activating group) is 1. The quantitative estimate of drug-likeness (QED) is 0.796. The summed E-state index contributed by atoms with van der Waals surface area (Å²) in [5.74, 6) is -2.66. The summed E-state index contributed by atoms with van der Waals surface area (Å²) in [5.41, 5.74) is 1.16. The minimum Gasteiger partial charge on any atom is -0.475 e. The minimum atomic E-state index is -5.08. The number of carboxylic acids is 1. The predicted molar refractivity (Wildman–Crippen MR) is 94.6 cm³/mol. The van der Waals surface area contributed by atoms with Gasteiger partial charge in [-0.2, -0.15) is 13.2 Å². The van der Waals surface area contributed by atoms with Crippen molar-refractivity contribution in [1.29, 1.82) is 0 Å². The maximum Gasteiger partial charge on any atom is 0.490 e. The van der Waals surface area contributed by atoms with Crippen LogP contribution in [0, 0.1) is 0 Å². The Bertz CT molecular complexity index is 721. The number of hydrogen-bond acceptors (Lipinski definition) is 5. The number of amides is 2. The van der Waals surface area contributed by atoms with Crippen LogP contribution < -0.4 is 0 Å². The predicted octanol–water partition coefficient (Wildman–Crippen LogP) is 1.57. The van der Waals surface area contributed by atoms with E-state index in [0.717, 1.165) is 31.5 Å². The van der Waals surface area contributed by atoms with Crippen LogP contribution in [0.3, 0.4) is 0 Å². The number of furan rings is 1. The third-order valence-corrected chi connectivity index (χ3v) is 5.01. The van der Waals surface area contributed by atoms with E-state index in [9.17, 15) is 22.8 Å². The van der Waals surface area contributed by atoms with E-state index in [1.165, 1.54) is 0 Å². The van der Waals surface area contributed by atoms with Crippen molar-refractivity contribution < 1.29 is 37.1 Å². The van der Waals surface area contributed by atoms with Crippen LogP contribution in [0.2, 0.25) is 0 Å². The number of alkyl halides is 3. The van der Waals surface area contributed by atoms with Gasteiger partial charge in [-0.15, -0.1) is 0 Å². The van der Waals surface area contributed by atoms with Crippen molar-refractivity contribution in [2.75, 3.05) is 27.2 Å². The second-order valence-electron chi connectivity index (χ2n) is 7.18. The molecule has 2 saturated heterocycles. The van der Waals surface area contributed by atoms with Gasteiger partial charge in [-0.05, 0) is 18.9 Å². The number of carbonyl (C=O) groups is 3. The van der Waals surface area contributed by atoms with Crippen molar-refractivity contribution >= 4 is 17.8 Å². The van der Waals surface area contributed by atoms with E-state index in [2.05, 4.69) is 4.90 Å². The highest BCUT2D eigenvalue weighted by atomic mass is 19.4. The zero-order chi connectivity index (χ0) is 21.8. The molecule has 2 fully saturated rings. The lowest BCUT2D eigenvalue weighted by molar-refractivity contribution is -0.192. The monoisotopic (exact) mass is 419 g/mol. The molecule has 0 unspecified atom stereocenters. The van der Waals surface area contributed by atoms with E-state index in [4.69, 9.17) is 14.3 Å². The van der Waals surface area contributed by atoms with Gasteiger partial charge in [0.1, 0.15) is 6.54 Å². The number of rotatable bonds is 4. The topological polar surface area (TPSA) is 94.3 Å². The molecule has 3 heterocycles. The van der Waals surface area contributed by atoms with Gasteiger partial charge in [0.15, 0.2) is 0 Å². The minimum absolute atomic E-state index is 0.0118. The molecule has 0 spiro atoms. The molecule has 0 bridgehead atoms. The van der Waals surface area contributed by atoms with Crippen LogP contribution in [-0.2, 0) is 20.9 Å². The Balaban J connectivity index is 0.000000370. The summed E-state index contributed by atoms with van der Waals surface area (Å²) in [6.07, 6.45) is 0.733. The summed E-state index contributed by atoms with van der Waals surface area (Å²) in [5, 5.41) is 7.12. The number of hydrogen-bond donors (Lipinski definition) is 1. The molecule has 2 amide bonds. The molecular formula is C18H24F3N3O5. The molecule has 0 saturated carbocycles. The zero-order valence-electron chi connectivity index (χ0n) is 16.2. The Hall–Kier alpha value is -2.56. The maximum absolute atomic E-state index is 12.2. The van der Waals surface area contributed by atoms with Crippen LogP contribution in [0.15, 0.2) is 23.0 Å². The average molecular weight is 419 g/mol. The lowest BCUT2D eigenvalue weighted by Gasteiger charge is -2.39. The molecule has 8 nitrogen and oxygen atoms in total. The number of piperidine rings is 1. The number of carboxylic acid groups (broad SMARTS) is 1. The standard InChI is InChI=1S/C16H23N3O3.C2HF3O2/c1-17(2)16(21)10-19-14-5-7-18(9-12-6-8-22-11-12)13(14)3-4-15(19)20;3-2(4,5)1(6)7/h6,8,11,13-14H,3-5,7,9-10H2,1-2H3;(H,6,7)/t13-,14-;/m1./s1. The van der Waals surface area contributed by atoms with E-state index in [1.807, 2.05) is 6.07 Å². The van der Waals surface area contributed by atoms with Gasteiger partial charge < -0.3 is 19.3 Å². The van der Waals surface area contributed by atoms with Crippen molar-refractivity contribution in [3.05, 3.63) is 24.2 Å². The third kappa shape index (κ3) is 5.96. The summed E-state index contributed by atoms with van der Waals surface area (Å²) < 4.78 is 36.9. The fraction of sp³-hybridized carbons (Fsp3) is 0.611. The van der Waals surface area contributed by atoms with Gasteiger partial charge in [-0.25, -0.2) is 4.79 Å². The van der Waals surface area contributed by atoms with Gasteiger partial charge in [-0.3, -0.25) is 14.5 Å². The SMILES string of the molecule is CN(C)C(=O)CN1C(=O)CC[C@@H]2[C@H]1CCN2Cc1ccoc1.O=C(O)C(F)(F)F. The largest absolute Gasteiger partial charge is 0.490 e. The average Bonchev–Trinajstić information content (AvgIpc) is 3.27. The maximum atomic E-state index is 12.2. The Morgan fingerprint density at radius 2 is 1.93 bits per heavy atom. The first kappa shape index (κ1) is 22.7. The highest BCUT2D eigenvalue weighted by molar-refractivity contribution is 5.85. The number of halogens is 3. The van der Waals surface area contributed by atoms with Crippen molar-refractivity contribution in [3.63, 3.8) is 0 Å². The molecule has 162 valence electrons. The molecule has 0 aromatic carbocycles. The number of fused-ring (bicyclic) bond motifs is 1. The normalized spacial score (nSPS) is 22.0. The summed E-state index contributed by atoms with van der Waals surface area (Å²) >= 11 is 0. The third-order valence-electron chi connectivity index (χ3n) is 5.01. The molecule has 0 radical (unpaired) electrons. The molecule has 0 aliphatic carbocycles. The Kier molecular flexibility index (Phi) is 7.28. The number of nitrogens with zero attached hydrogens (tertiary/aromatic N) is 3. The lowest BCUT2D eigenvalue weighted by Crippen LogP contribution is -2.54.